The highest BCUT2D eigenvalue weighted by Gasteiger charge is 2.32. The molecule has 2 atom stereocenters. The van der Waals surface area contributed by atoms with Crippen molar-refractivity contribution in [2.45, 2.75) is 25.3 Å². The number of ether oxygens (including phenoxy) is 1. The molecule has 3 heterocycles. The molecular weight excluding hydrogens is 290 g/mol. The number of aromatic nitrogens is 2. The van der Waals surface area contributed by atoms with E-state index in [1.165, 1.54) is 24.2 Å². The monoisotopic (exact) mass is 311 g/mol. The van der Waals surface area contributed by atoms with Crippen molar-refractivity contribution in [2.75, 3.05) is 38.2 Å². The van der Waals surface area contributed by atoms with Gasteiger partial charge in [0.25, 0.3) is 0 Å². The molecule has 0 bridgehead atoms. The minimum atomic E-state index is -0.213. The second kappa shape index (κ2) is 7.15. The fraction of sp³-hybridized carbons (Fsp3) is 0.769. The van der Waals surface area contributed by atoms with Crippen LogP contribution in [-0.2, 0) is 4.74 Å². The first-order chi connectivity index (χ1) is 10.3. The molecular formula is C13H21N5O2S. The normalized spacial score (nSPS) is 24.1. The number of carbonyl (C=O) groups excluding carboxylic acids is 1. The van der Waals surface area contributed by atoms with Crippen LogP contribution in [0.1, 0.15) is 19.3 Å². The molecule has 8 heteroatoms. The molecule has 2 saturated heterocycles. The number of urea groups is 1. The third kappa shape index (κ3) is 3.90. The van der Waals surface area contributed by atoms with E-state index < -0.39 is 0 Å². The second-order valence-corrected chi connectivity index (χ2v) is 6.35. The molecule has 0 aromatic carbocycles. The van der Waals surface area contributed by atoms with Crippen molar-refractivity contribution >= 4 is 22.5 Å². The Balaban J connectivity index is 1.52. The Morgan fingerprint density at radius 3 is 3.05 bits per heavy atom. The van der Waals surface area contributed by atoms with Gasteiger partial charge >= 0.3 is 6.03 Å². The maximum Gasteiger partial charge on any atom is 0.321 e. The van der Waals surface area contributed by atoms with Crippen LogP contribution in [0.5, 0.6) is 0 Å². The van der Waals surface area contributed by atoms with Crippen LogP contribution in [0.4, 0.5) is 9.93 Å². The predicted molar refractivity (Wildman–Crippen MR) is 80.5 cm³/mol. The molecule has 7 nitrogen and oxygen atoms in total. The molecule has 0 saturated carbocycles. The fourth-order valence-corrected chi connectivity index (χ4v) is 3.53. The average Bonchev–Trinajstić information content (AvgIpc) is 3.23. The largest absolute Gasteiger partial charge is 0.381 e. The summed E-state index contributed by atoms with van der Waals surface area (Å²) >= 11 is 1.31. The zero-order chi connectivity index (χ0) is 14.5. The average molecular weight is 311 g/mol. The highest BCUT2D eigenvalue weighted by molar-refractivity contribution is 7.13. The Bertz CT molecular complexity index is 427. The van der Waals surface area contributed by atoms with E-state index in [9.17, 15) is 4.79 Å². The Morgan fingerprint density at radius 2 is 2.38 bits per heavy atom. The van der Waals surface area contributed by atoms with Crippen LogP contribution < -0.4 is 10.6 Å². The molecule has 116 valence electrons. The molecule has 0 spiro atoms. The number of rotatable bonds is 5. The van der Waals surface area contributed by atoms with Gasteiger partial charge in [0.1, 0.15) is 5.51 Å². The summed E-state index contributed by atoms with van der Waals surface area (Å²) in [5, 5.41) is 13.7. The van der Waals surface area contributed by atoms with Crippen LogP contribution >= 0.6 is 11.3 Å². The lowest BCUT2D eigenvalue weighted by Gasteiger charge is -2.31. The Hall–Kier alpha value is -1.25. The van der Waals surface area contributed by atoms with Gasteiger partial charge in [0.15, 0.2) is 0 Å². The maximum atomic E-state index is 11.9. The minimum absolute atomic E-state index is 0.213. The molecule has 0 aliphatic carbocycles. The van der Waals surface area contributed by atoms with Crippen molar-refractivity contribution in [1.82, 2.24) is 20.4 Å². The van der Waals surface area contributed by atoms with Crippen molar-refractivity contribution in [1.29, 1.82) is 0 Å². The summed E-state index contributed by atoms with van der Waals surface area (Å²) in [6.07, 6.45) is 3.59. The van der Waals surface area contributed by atoms with Gasteiger partial charge in [-0.1, -0.05) is 11.3 Å². The van der Waals surface area contributed by atoms with Crippen molar-refractivity contribution in [3.8, 4) is 0 Å². The standard InChI is InChI=1S/C13H21N5O2S/c19-12(16-13-17-15-9-21-13)14-7-11(10-3-6-20-8-10)18-4-1-2-5-18/h9-11H,1-8H2,(H2,14,16,17,19)/t10-,11-/m1/s1. The Labute approximate surface area is 128 Å². The molecule has 2 N–H and O–H groups in total. The van der Waals surface area contributed by atoms with Gasteiger partial charge in [-0.05, 0) is 32.4 Å². The summed E-state index contributed by atoms with van der Waals surface area (Å²) < 4.78 is 5.52. The first-order valence-electron chi connectivity index (χ1n) is 7.46. The fourth-order valence-electron chi connectivity index (χ4n) is 3.09. The van der Waals surface area contributed by atoms with Gasteiger partial charge in [-0.2, -0.15) is 0 Å². The summed E-state index contributed by atoms with van der Waals surface area (Å²) in [7, 11) is 0. The minimum Gasteiger partial charge on any atom is -0.381 e. The van der Waals surface area contributed by atoms with Crippen LogP contribution in [0.25, 0.3) is 0 Å². The van der Waals surface area contributed by atoms with Crippen molar-refractivity contribution in [3.05, 3.63) is 5.51 Å². The van der Waals surface area contributed by atoms with Gasteiger partial charge in [-0.3, -0.25) is 10.2 Å². The van der Waals surface area contributed by atoms with E-state index in [1.54, 1.807) is 5.51 Å². The van der Waals surface area contributed by atoms with Gasteiger partial charge < -0.3 is 10.1 Å². The molecule has 0 unspecified atom stereocenters. The van der Waals surface area contributed by atoms with E-state index in [2.05, 4.69) is 25.7 Å². The summed E-state index contributed by atoms with van der Waals surface area (Å²) in [5.41, 5.74) is 1.60. The van der Waals surface area contributed by atoms with E-state index in [4.69, 9.17) is 4.74 Å². The van der Waals surface area contributed by atoms with E-state index in [0.29, 0.717) is 23.6 Å². The number of anilines is 1. The highest BCUT2D eigenvalue weighted by atomic mass is 32.1. The molecule has 1 aromatic heterocycles. The zero-order valence-corrected chi connectivity index (χ0v) is 12.8. The molecule has 21 heavy (non-hydrogen) atoms. The summed E-state index contributed by atoms with van der Waals surface area (Å²) in [6.45, 7) is 4.55. The van der Waals surface area contributed by atoms with Crippen LogP contribution in [0.2, 0.25) is 0 Å². The predicted octanol–water partition coefficient (Wildman–Crippen LogP) is 1.16. The van der Waals surface area contributed by atoms with Crippen LogP contribution in [-0.4, -0.2) is 60.0 Å². The van der Waals surface area contributed by atoms with Crippen molar-refractivity contribution in [3.63, 3.8) is 0 Å². The molecule has 3 rings (SSSR count). The van der Waals surface area contributed by atoms with E-state index in [-0.39, 0.29) is 6.03 Å². The first-order valence-corrected chi connectivity index (χ1v) is 8.34. The highest BCUT2D eigenvalue weighted by Crippen LogP contribution is 2.24. The van der Waals surface area contributed by atoms with Crippen molar-refractivity contribution in [2.24, 2.45) is 5.92 Å². The van der Waals surface area contributed by atoms with E-state index in [0.717, 1.165) is 32.7 Å². The van der Waals surface area contributed by atoms with Gasteiger partial charge in [0.2, 0.25) is 5.13 Å². The third-order valence-electron chi connectivity index (χ3n) is 4.17. The topological polar surface area (TPSA) is 79.4 Å². The number of hydrogen-bond acceptors (Lipinski definition) is 6. The van der Waals surface area contributed by atoms with E-state index >= 15 is 0 Å². The molecule has 2 fully saturated rings. The van der Waals surface area contributed by atoms with Crippen LogP contribution in [0.15, 0.2) is 5.51 Å². The lowest BCUT2D eigenvalue weighted by atomic mass is 9.97. The van der Waals surface area contributed by atoms with Crippen molar-refractivity contribution < 1.29 is 9.53 Å². The van der Waals surface area contributed by atoms with E-state index in [1.807, 2.05) is 0 Å². The number of nitrogens with one attached hydrogen (secondary N) is 2. The summed E-state index contributed by atoms with van der Waals surface area (Å²) in [4.78, 5) is 14.4. The number of amides is 2. The van der Waals surface area contributed by atoms with Gasteiger partial charge in [0, 0.05) is 25.1 Å². The Morgan fingerprint density at radius 1 is 1.52 bits per heavy atom. The van der Waals surface area contributed by atoms with Gasteiger partial charge in [0.05, 0.1) is 6.61 Å². The quantitative estimate of drug-likeness (QED) is 0.853. The number of likely N-dealkylation sites (tertiary alicyclic amines) is 1. The summed E-state index contributed by atoms with van der Waals surface area (Å²) in [6, 6.07) is 0.157. The van der Waals surface area contributed by atoms with Gasteiger partial charge in [-0.15, -0.1) is 10.2 Å². The number of nitrogens with zero attached hydrogens (tertiary/aromatic N) is 3. The smallest absolute Gasteiger partial charge is 0.321 e. The number of hydrogen-bond donors (Lipinski definition) is 2. The summed E-state index contributed by atoms with van der Waals surface area (Å²) in [5.74, 6) is 0.518. The Kier molecular flexibility index (Phi) is 5.00. The molecule has 2 aliphatic heterocycles. The first kappa shape index (κ1) is 14.7. The lowest BCUT2D eigenvalue weighted by molar-refractivity contribution is 0.135. The van der Waals surface area contributed by atoms with Crippen LogP contribution in [0.3, 0.4) is 0 Å². The maximum absolute atomic E-state index is 11.9. The molecule has 1 aromatic rings. The SMILES string of the molecule is O=C(NC[C@H]([C@@H]1CCOC1)N1CCCC1)Nc1nncs1. The third-order valence-corrected chi connectivity index (χ3v) is 4.78. The number of carbonyl (C=O) groups is 1. The van der Waals surface area contributed by atoms with Crippen LogP contribution in [0, 0.1) is 5.92 Å². The molecule has 0 radical (unpaired) electrons. The second-order valence-electron chi connectivity index (χ2n) is 5.51. The molecule has 2 amide bonds. The van der Waals surface area contributed by atoms with Gasteiger partial charge in [-0.25, -0.2) is 4.79 Å². The lowest BCUT2D eigenvalue weighted by Crippen LogP contribution is -2.48. The zero-order valence-electron chi connectivity index (χ0n) is 12.0. The molecule has 2 aliphatic rings.